The molecule has 0 unspecified atom stereocenters. The maximum atomic E-state index is 13.2. The molecule has 4 amide bonds. The maximum Gasteiger partial charge on any atom is 0.335 e. The van der Waals surface area contributed by atoms with Gasteiger partial charge in [0.25, 0.3) is 11.8 Å². The zero-order valence-electron chi connectivity index (χ0n) is 17.3. The van der Waals surface area contributed by atoms with Gasteiger partial charge in [0.1, 0.15) is 5.57 Å². The lowest BCUT2D eigenvalue weighted by atomic mass is 10.1. The number of benzene rings is 2. The lowest BCUT2D eigenvalue weighted by Crippen LogP contribution is -2.54. The van der Waals surface area contributed by atoms with Gasteiger partial charge in [0, 0.05) is 22.6 Å². The van der Waals surface area contributed by atoms with Crippen molar-refractivity contribution < 1.29 is 14.4 Å². The summed E-state index contributed by atoms with van der Waals surface area (Å²) in [4.78, 5) is 39.2. The van der Waals surface area contributed by atoms with Crippen molar-refractivity contribution in [3.8, 4) is 5.69 Å². The zero-order chi connectivity index (χ0) is 22.3. The fourth-order valence-electron chi connectivity index (χ4n) is 3.67. The fourth-order valence-corrected chi connectivity index (χ4v) is 3.84. The van der Waals surface area contributed by atoms with Crippen LogP contribution in [0.2, 0.25) is 5.02 Å². The van der Waals surface area contributed by atoms with Crippen molar-refractivity contribution >= 4 is 41.2 Å². The summed E-state index contributed by atoms with van der Waals surface area (Å²) in [5.41, 5.74) is 4.54. The number of halogens is 1. The molecule has 0 atom stereocenters. The zero-order valence-corrected chi connectivity index (χ0v) is 18.0. The average molecular weight is 434 g/mol. The maximum absolute atomic E-state index is 13.2. The lowest BCUT2D eigenvalue weighted by molar-refractivity contribution is -0.122. The van der Waals surface area contributed by atoms with Crippen molar-refractivity contribution in [2.24, 2.45) is 0 Å². The van der Waals surface area contributed by atoms with Gasteiger partial charge in [0.15, 0.2) is 0 Å². The molecule has 7 heteroatoms. The third-order valence-electron chi connectivity index (χ3n) is 5.27. The second-order valence-electron chi connectivity index (χ2n) is 7.43. The molecule has 1 aliphatic rings. The molecule has 2 heterocycles. The van der Waals surface area contributed by atoms with Crippen LogP contribution >= 0.6 is 11.6 Å². The Morgan fingerprint density at radius 3 is 2.45 bits per heavy atom. The molecular weight excluding hydrogens is 414 g/mol. The van der Waals surface area contributed by atoms with Gasteiger partial charge in [-0.1, -0.05) is 35.4 Å². The number of imide groups is 2. The van der Waals surface area contributed by atoms with Crippen LogP contribution in [0, 0.1) is 20.8 Å². The summed E-state index contributed by atoms with van der Waals surface area (Å²) in [7, 11) is 0. The van der Waals surface area contributed by atoms with Crippen LogP contribution in [0.5, 0.6) is 0 Å². The molecule has 3 aromatic rings. The molecule has 1 N–H and O–H groups in total. The highest BCUT2D eigenvalue weighted by Crippen LogP contribution is 2.30. The molecule has 1 saturated heterocycles. The smallest absolute Gasteiger partial charge is 0.317 e. The Labute approximate surface area is 184 Å². The average Bonchev–Trinajstić information content (AvgIpc) is 3.16. The Morgan fingerprint density at radius 2 is 1.71 bits per heavy atom. The van der Waals surface area contributed by atoms with Crippen LogP contribution in [0.4, 0.5) is 10.5 Å². The number of amides is 4. The van der Waals surface area contributed by atoms with E-state index in [-0.39, 0.29) is 5.57 Å². The molecule has 0 saturated carbocycles. The summed E-state index contributed by atoms with van der Waals surface area (Å²) >= 11 is 6.17. The van der Waals surface area contributed by atoms with Crippen LogP contribution in [0.15, 0.2) is 60.3 Å². The lowest BCUT2D eigenvalue weighted by Gasteiger charge is -2.27. The normalized spacial score (nSPS) is 15.5. The van der Waals surface area contributed by atoms with Crippen molar-refractivity contribution in [2.75, 3.05) is 4.90 Å². The Bertz CT molecular complexity index is 1270. The number of barbiturate groups is 1. The Hall–Kier alpha value is -3.64. The SMILES string of the molecule is Cc1ccc(-n2cccc2/C=C2\C(=O)NC(=O)N(c3cccc(Cl)c3C)C2=O)c(C)c1. The molecule has 1 aliphatic heterocycles. The van der Waals surface area contributed by atoms with Crippen LogP contribution < -0.4 is 10.2 Å². The highest BCUT2D eigenvalue weighted by molar-refractivity contribution is 6.39. The molecule has 4 rings (SSSR count). The molecule has 6 nitrogen and oxygen atoms in total. The number of carbonyl (C=O) groups excluding carboxylic acids is 3. The first-order valence-electron chi connectivity index (χ1n) is 9.69. The predicted molar refractivity (Wildman–Crippen MR) is 120 cm³/mol. The number of carbonyl (C=O) groups is 3. The number of rotatable bonds is 3. The van der Waals surface area contributed by atoms with Gasteiger partial charge in [-0.2, -0.15) is 0 Å². The summed E-state index contributed by atoms with van der Waals surface area (Å²) in [5.74, 6) is -1.44. The number of nitrogens with zero attached hydrogens (tertiary/aromatic N) is 2. The first-order valence-corrected chi connectivity index (χ1v) is 10.1. The quantitative estimate of drug-likeness (QED) is 0.479. The minimum atomic E-state index is -0.803. The number of aryl methyl sites for hydroxylation is 2. The topological polar surface area (TPSA) is 71.4 Å². The first-order chi connectivity index (χ1) is 14.8. The van der Waals surface area contributed by atoms with Crippen molar-refractivity contribution in [2.45, 2.75) is 20.8 Å². The molecule has 0 bridgehead atoms. The van der Waals surface area contributed by atoms with E-state index < -0.39 is 17.8 Å². The van der Waals surface area contributed by atoms with Gasteiger partial charge in [-0.25, -0.2) is 9.69 Å². The van der Waals surface area contributed by atoms with E-state index in [1.165, 1.54) is 6.08 Å². The summed E-state index contributed by atoms with van der Waals surface area (Å²) in [5, 5.41) is 2.67. The number of hydrogen-bond acceptors (Lipinski definition) is 3. The second kappa shape index (κ2) is 7.89. The van der Waals surface area contributed by atoms with Gasteiger partial charge < -0.3 is 4.57 Å². The summed E-state index contributed by atoms with van der Waals surface area (Å²) in [6, 6.07) is 13.8. The molecular formula is C24H20ClN3O3. The van der Waals surface area contributed by atoms with Crippen molar-refractivity contribution in [3.63, 3.8) is 0 Å². The summed E-state index contributed by atoms with van der Waals surface area (Å²) in [6.45, 7) is 5.73. The van der Waals surface area contributed by atoms with Gasteiger partial charge in [0.05, 0.1) is 5.69 Å². The monoisotopic (exact) mass is 433 g/mol. The van der Waals surface area contributed by atoms with E-state index in [0.29, 0.717) is 22.0 Å². The molecule has 156 valence electrons. The fraction of sp³-hybridized carbons (Fsp3) is 0.125. The Morgan fingerprint density at radius 1 is 0.935 bits per heavy atom. The minimum Gasteiger partial charge on any atom is -0.317 e. The van der Waals surface area contributed by atoms with Crippen LogP contribution in [-0.4, -0.2) is 22.4 Å². The molecule has 31 heavy (non-hydrogen) atoms. The summed E-state index contributed by atoms with van der Waals surface area (Å²) in [6.07, 6.45) is 3.36. The standard InChI is InChI=1S/C24H20ClN3O3/c1-14-9-10-20(15(2)12-14)27-11-5-6-17(27)13-18-22(29)26-24(31)28(23(18)30)21-8-4-7-19(25)16(21)3/h4-13H,1-3H3,(H,26,29,31)/b18-13+. The van der Waals surface area contributed by atoms with Crippen molar-refractivity contribution in [1.29, 1.82) is 0 Å². The van der Waals surface area contributed by atoms with E-state index in [2.05, 4.69) is 11.4 Å². The minimum absolute atomic E-state index is 0.135. The largest absolute Gasteiger partial charge is 0.335 e. The van der Waals surface area contributed by atoms with Gasteiger partial charge in [-0.05, 0) is 68.3 Å². The number of hydrogen-bond donors (Lipinski definition) is 1. The van der Waals surface area contributed by atoms with Crippen LogP contribution in [0.1, 0.15) is 22.4 Å². The second-order valence-corrected chi connectivity index (χ2v) is 7.84. The number of urea groups is 1. The Kier molecular flexibility index (Phi) is 5.25. The van der Waals surface area contributed by atoms with Crippen LogP contribution in [0.25, 0.3) is 11.8 Å². The van der Waals surface area contributed by atoms with E-state index in [4.69, 9.17) is 11.6 Å². The van der Waals surface area contributed by atoms with Crippen molar-refractivity contribution in [1.82, 2.24) is 9.88 Å². The highest BCUT2D eigenvalue weighted by atomic mass is 35.5. The van der Waals surface area contributed by atoms with Gasteiger partial charge >= 0.3 is 6.03 Å². The number of nitrogens with one attached hydrogen (secondary N) is 1. The van der Waals surface area contributed by atoms with Gasteiger partial charge in [-0.15, -0.1) is 0 Å². The molecule has 1 fully saturated rings. The number of anilines is 1. The molecule has 0 spiro atoms. The Balaban J connectivity index is 1.79. The molecule has 1 aromatic heterocycles. The van der Waals surface area contributed by atoms with E-state index in [1.807, 2.05) is 42.8 Å². The van der Waals surface area contributed by atoms with Crippen molar-refractivity contribution in [3.05, 3.63) is 87.7 Å². The van der Waals surface area contributed by atoms with Gasteiger partial charge in [-0.3, -0.25) is 14.9 Å². The molecule has 0 aliphatic carbocycles. The van der Waals surface area contributed by atoms with E-state index in [9.17, 15) is 14.4 Å². The number of aromatic nitrogens is 1. The van der Waals surface area contributed by atoms with E-state index >= 15 is 0 Å². The first kappa shape index (κ1) is 20.6. The highest BCUT2D eigenvalue weighted by Gasteiger charge is 2.37. The summed E-state index contributed by atoms with van der Waals surface area (Å²) < 4.78 is 1.90. The predicted octanol–water partition coefficient (Wildman–Crippen LogP) is 4.72. The molecule has 2 aromatic carbocycles. The van der Waals surface area contributed by atoms with E-state index in [0.717, 1.165) is 21.7 Å². The molecule has 0 radical (unpaired) electrons. The third kappa shape index (κ3) is 3.66. The third-order valence-corrected chi connectivity index (χ3v) is 5.68. The van der Waals surface area contributed by atoms with E-state index in [1.54, 1.807) is 31.2 Å². The van der Waals surface area contributed by atoms with Crippen LogP contribution in [0.3, 0.4) is 0 Å². The van der Waals surface area contributed by atoms with Gasteiger partial charge in [0.2, 0.25) is 0 Å². The van der Waals surface area contributed by atoms with Crippen LogP contribution in [-0.2, 0) is 9.59 Å².